The molecule has 0 aliphatic carbocycles. The molecule has 0 N–H and O–H groups in total. The van der Waals surface area contributed by atoms with E-state index >= 15 is 0 Å². The largest absolute Gasteiger partial charge is 0.490 e. The van der Waals surface area contributed by atoms with Crippen molar-refractivity contribution in [2.24, 2.45) is 0 Å². The summed E-state index contributed by atoms with van der Waals surface area (Å²) in [4.78, 5) is 23.8. The zero-order valence-electron chi connectivity index (χ0n) is 12.8. The molecular formula is C15H17NO6S. The molecule has 1 aliphatic rings. The van der Waals surface area contributed by atoms with Gasteiger partial charge >= 0.3 is 10.1 Å². The van der Waals surface area contributed by atoms with Crippen LogP contribution in [0, 0.1) is 6.92 Å². The van der Waals surface area contributed by atoms with Gasteiger partial charge < -0.3 is 4.74 Å². The molecule has 7 nitrogen and oxygen atoms in total. The first-order chi connectivity index (χ1) is 10.8. The Bertz CT molecular complexity index is 735. The van der Waals surface area contributed by atoms with Gasteiger partial charge in [0.15, 0.2) is 0 Å². The average molecular weight is 339 g/mol. The minimum absolute atomic E-state index is 0.0120. The number of aryl methyl sites for hydroxylation is 1. The topological polar surface area (TPSA) is 90.0 Å². The molecule has 0 saturated carbocycles. The average Bonchev–Trinajstić information content (AvgIpc) is 2.79. The molecule has 0 spiro atoms. The molecule has 8 heteroatoms. The summed E-state index contributed by atoms with van der Waals surface area (Å²) in [5, 5.41) is 0. The lowest BCUT2D eigenvalue weighted by molar-refractivity contribution is -0.137. The highest BCUT2D eigenvalue weighted by Gasteiger charge is 2.24. The van der Waals surface area contributed by atoms with Crippen molar-refractivity contribution in [3.05, 3.63) is 35.9 Å². The predicted molar refractivity (Wildman–Crippen MR) is 81.3 cm³/mol. The summed E-state index contributed by atoms with van der Waals surface area (Å²) in [5.74, 6) is -0.694. The van der Waals surface area contributed by atoms with Crippen LogP contribution in [0.15, 0.2) is 35.2 Å². The Morgan fingerprint density at radius 2 is 1.78 bits per heavy atom. The zero-order chi connectivity index (χ0) is 17.0. The smallest absolute Gasteiger partial charge is 0.300 e. The van der Waals surface area contributed by atoms with Crippen LogP contribution in [-0.2, 0) is 23.9 Å². The van der Waals surface area contributed by atoms with Crippen LogP contribution in [0.2, 0.25) is 0 Å². The maximum atomic E-state index is 12.1. The first-order valence-electron chi connectivity index (χ1n) is 7.01. The van der Waals surface area contributed by atoms with E-state index in [0.29, 0.717) is 0 Å². The van der Waals surface area contributed by atoms with Gasteiger partial charge in [0.2, 0.25) is 0 Å². The third-order valence-electron chi connectivity index (χ3n) is 3.11. The molecule has 2 rings (SSSR count). The number of rotatable bonds is 7. The van der Waals surface area contributed by atoms with Crippen molar-refractivity contribution >= 4 is 21.9 Å². The van der Waals surface area contributed by atoms with E-state index in [-0.39, 0.29) is 30.4 Å². The van der Waals surface area contributed by atoms with E-state index in [1.165, 1.54) is 18.2 Å². The van der Waals surface area contributed by atoms with Crippen molar-refractivity contribution < 1.29 is 26.9 Å². The number of carbonyl (C=O) groups excluding carboxylic acids is 2. The molecule has 0 atom stereocenters. The Morgan fingerprint density at radius 1 is 1.13 bits per heavy atom. The van der Waals surface area contributed by atoms with Crippen molar-refractivity contribution in [1.29, 1.82) is 0 Å². The van der Waals surface area contributed by atoms with Crippen LogP contribution >= 0.6 is 0 Å². The fourth-order valence-electron chi connectivity index (χ4n) is 2.05. The van der Waals surface area contributed by atoms with Gasteiger partial charge in [0.25, 0.3) is 11.8 Å². The molecule has 0 radical (unpaired) electrons. The summed E-state index contributed by atoms with van der Waals surface area (Å²) in [6.45, 7) is 3.40. The van der Waals surface area contributed by atoms with Gasteiger partial charge in [-0.1, -0.05) is 6.07 Å². The highest BCUT2D eigenvalue weighted by molar-refractivity contribution is 7.86. The maximum Gasteiger partial charge on any atom is 0.300 e. The van der Waals surface area contributed by atoms with Gasteiger partial charge in [-0.3, -0.25) is 18.7 Å². The van der Waals surface area contributed by atoms with E-state index in [9.17, 15) is 18.0 Å². The van der Waals surface area contributed by atoms with Crippen molar-refractivity contribution in [3.63, 3.8) is 0 Å². The number of hydrogen-bond acceptors (Lipinski definition) is 6. The van der Waals surface area contributed by atoms with Gasteiger partial charge in [0.1, 0.15) is 17.3 Å². The lowest BCUT2D eigenvalue weighted by Crippen LogP contribution is -2.33. The molecular weight excluding hydrogens is 322 g/mol. The third-order valence-corrected chi connectivity index (χ3v) is 4.54. The van der Waals surface area contributed by atoms with Gasteiger partial charge in [0, 0.05) is 12.2 Å². The number of hydrogen-bond donors (Lipinski definition) is 0. The summed E-state index contributed by atoms with van der Waals surface area (Å²) in [6.07, 6.45) is 2.36. The quantitative estimate of drug-likeness (QED) is 0.544. The van der Waals surface area contributed by atoms with Crippen molar-refractivity contribution in [2.45, 2.75) is 18.7 Å². The van der Waals surface area contributed by atoms with Crippen LogP contribution in [0.3, 0.4) is 0 Å². The van der Waals surface area contributed by atoms with Crippen molar-refractivity contribution in [2.75, 3.05) is 19.8 Å². The number of amides is 2. The van der Waals surface area contributed by atoms with Crippen molar-refractivity contribution in [3.8, 4) is 5.75 Å². The minimum Gasteiger partial charge on any atom is -0.490 e. The first kappa shape index (κ1) is 17.2. The Kier molecular flexibility index (Phi) is 5.17. The molecule has 0 fully saturated rings. The standard InChI is InChI=1S/C15H17NO6S/c1-3-22-23(19,20)13-5-4-11(2)10-12(13)21-9-8-16-14(17)6-7-15(16)18/h4-7,10H,3,8-9H2,1-2H3. The van der Waals surface area contributed by atoms with Gasteiger partial charge in [-0.2, -0.15) is 8.42 Å². The predicted octanol–water partition coefficient (Wildman–Crippen LogP) is 1.02. The lowest BCUT2D eigenvalue weighted by Gasteiger charge is -2.16. The zero-order valence-corrected chi connectivity index (χ0v) is 13.6. The normalized spacial score (nSPS) is 14.6. The molecule has 1 aliphatic heterocycles. The van der Waals surface area contributed by atoms with E-state index in [1.807, 2.05) is 0 Å². The maximum absolute atomic E-state index is 12.1. The number of carbonyl (C=O) groups is 2. The molecule has 0 aromatic heterocycles. The molecule has 1 aromatic carbocycles. The second-order valence-electron chi connectivity index (χ2n) is 4.82. The van der Waals surface area contributed by atoms with Crippen LogP contribution in [0.4, 0.5) is 0 Å². The third kappa shape index (κ3) is 3.96. The summed E-state index contributed by atoms with van der Waals surface area (Å²) in [5.41, 5.74) is 0.811. The van der Waals surface area contributed by atoms with Gasteiger partial charge in [-0.05, 0) is 31.5 Å². The van der Waals surface area contributed by atoms with E-state index in [0.717, 1.165) is 10.5 Å². The fourth-order valence-corrected chi connectivity index (χ4v) is 3.09. The van der Waals surface area contributed by atoms with Gasteiger partial charge in [0.05, 0.1) is 13.2 Å². The number of benzene rings is 1. The summed E-state index contributed by atoms with van der Waals surface area (Å²) < 4.78 is 34.4. The number of imide groups is 1. The minimum atomic E-state index is -3.91. The summed E-state index contributed by atoms with van der Waals surface area (Å²) in [7, 11) is -3.91. The fraction of sp³-hybridized carbons (Fsp3) is 0.333. The lowest BCUT2D eigenvalue weighted by atomic mass is 10.2. The second kappa shape index (κ2) is 6.93. The Morgan fingerprint density at radius 3 is 2.39 bits per heavy atom. The number of ether oxygens (including phenoxy) is 1. The van der Waals surface area contributed by atoms with Crippen molar-refractivity contribution in [1.82, 2.24) is 4.90 Å². The van der Waals surface area contributed by atoms with Gasteiger partial charge in [-0.15, -0.1) is 0 Å². The molecule has 0 bridgehead atoms. The molecule has 1 aromatic rings. The first-order valence-corrected chi connectivity index (χ1v) is 8.42. The summed E-state index contributed by atoms with van der Waals surface area (Å²) in [6, 6.07) is 4.61. The molecule has 0 unspecified atom stereocenters. The Labute approximate surface area is 134 Å². The van der Waals surface area contributed by atoms with E-state index < -0.39 is 21.9 Å². The monoisotopic (exact) mass is 339 g/mol. The molecule has 124 valence electrons. The van der Waals surface area contributed by atoms with Crippen LogP contribution < -0.4 is 4.74 Å². The van der Waals surface area contributed by atoms with Crippen LogP contribution in [0.25, 0.3) is 0 Å². The van der Waals surface area contributed by atoms with Crippen LogP contribution in [0.5, 0.6) is 5.75 Å². The molecule has 2 amide bonds. The molecule has 23 heavy (non-hydrogen) atoms. The van der Waals surface area contributed by atoms with E-state index in [4.69, 9.17) is 8.92 Å². The van der Waals surface area contributed by atoms with E-state index in [2.05, 4.69) is 0 Å². The summed E-state index contributed by atoms with van der Waals surface area (Å²) >= 11 is 0. The number of nitrogens with zero attached hydrogens (tertiary/aromatic N) is 1. The SMILES string of the molecule is CCOS(=O)(=O)c1ccc(C)cc1OCCN1C(=O)C=CC1=O. The van der Waals surface area contributed by atoms with Crippen LogP contribution in [-0.4, -0.2) is 44.9 Å². The van der Waals surface area contributed by atoms with Crippen LogP contribution in [0.1, 0.15) is 12.5 Å². The highest BCUT2D eigenvalue weighted by atomic mass is 32.2. The van der Waals surface area contributed by atoms with Gasteiger partial charge in [-0.25, -0.2) is 0 Å². The molecule has 0 saturated heterocycles. The Hall–Kier alpha value is -2.19. The molecule has 1 heterocycles. The van der Waals surface area contributed by atoms with E-state index in [1.54, 1.807) is 26.0 Å². The Balaban J connectivity index is 2.12. The highest BCUT2D eigenvalue weighted by Crippen LogP contribution is 2.26. The second-order valence-corrected chi connectivity index (χ2v) is 6.40.